The van der Waals surface area contributed by atoms with Crippen LogP contribution in [0.5, 0.6) is 0 Å². The molecular weight excluding hydrogens is 292 g/mol. The smallest absolute Gasteiger partial charge is 0.338 e. The van der Waals surface area contributed by atoms with E-state index in [2.05, 4.69) is 12.2 Å². The summed E-state index contributed by atoms with van der Waals surface area (Å²) in [7, 11) is 0. The first-order valence-corrected chi connectivity index (χ1v) is 8.38. The number of esters is 1. The molecule has 0 saturated carbocycles. The van der Waals surface area contributed by atoms with Crippen molar-refractivity contribution in [2.75, 3.05) is 25.0 Å². The number of amides is 1. The third kappa shape index (κ3) is 5.67. The van der Waals surface area contributed by atoms with Gasteiger partial charge in [-0.25, -0.2) is 4.79 Å². The average molecular weight is 319 g/mol. The summed E-state index contributed by atoms with van der Waals surface area (Å²) in [4.78, 5) is 25.2. The molecule has 1 heterocycles. The molecule has 1 unspecified atom stereocenters. The van der Waals surface area contributed by atoms with Crippen LogP contribution in [0.1, 0.15) is 44.0 Å². The van der Waals surface area contributed by atoms with Crippen molar-refractivity contribution < 1.29 is 19.2 Å². The fourth-order valence-corrected chi connectivity index (χ4v) is 2.96. The number of likely N-dealkylation sites (tertiary alicyclic amines) is 1. The number of carbonyl (C=O) groups is 2. The van der Waals surface area contributed by atoms with E-state index in [9.17, 15) is 9.59 Å². The summed E-state index contributed by atoms with van der Waals surface area (Å²) in [5, 5.41) is 2.90. The summed E-state index contributed by atoms with van der Waals surface area (Å²) in [6.45, 7) is 8.51. The van der Waals surface area contributed by atoms with Crippen LogP contribution >= 0.6 is 0 Å². The minimum absolute atomic E-state index is 0.0200. The molecule has 1 amide bonds. The first-order chi connectivity index (χ1) is 10.9. The zero-order chi connectivity index (χ0) is 16.8. The van der Waals surface area contributed by atoms with Gasteiger partial charge in [0, 0.05) is 11.6 Å². The molecule has 5 heteroatoms. The van der Waals surface area contributed by atoms with Gasteiger partial charge >= 0.3 is 5.97 Å². The van der Waals surface area contributed by atoms with Crippen LogP contribution in [0.2, 0.25) is 0 Å². The van der Waals surface area contributed by atoms with Crippen molar-refractivity contribution in [1.29, 1.82) is 0 Å². The number of ether oxygens (including phenoxy) is 1. The van der Waals surface area contributed by atoms with Gasteiger partial charge in [0.05, 0.1) is 24.8 Å². The molecular formula is C18H27N2O3+. The Hall–Kier alpha value is -1.88. The van der Waals surface area contributed by atoms with Gasteiger partial charge in [-0.1, -0.05) is 6.92 Å². The van der Waals surface area contributed by atoms with Crippen LogP contribution in [0.15, 0.2) is 24.3 Å². The highest BCUT2D eigenvalue weighted by Crippen LogP contribution is 2.11. The van der Waals surface area contributed by atoms with Crippen molar-refractivity contribution in [2.24, 2.45) is 5.92 Å². The van der Waals surface area contributed by atoms with Crippen molar-refractivity contribution in [1.82, 2.24) is 0 Å². The van der Waals surface area contributed by atoms with Crippen LogP contribution in [-0.4, -0.2) is 37.6 Å². The second-order valence-electron chi connectivity index (χ2n) is 6.71. The maximum absolute atomic E-state index is 12.1. The first kappa shape index (κ1) is 17.5. The minimum atomic E-state index is -0.343. The van der Waals surface area contributed by atoms with Crippen LogP contribution in [0.3, 0.4) is 0 Å². The van der Waals surface area contributed by atoms with Gasteiger partial charge in [0.2, 0.25) is 0 Å². The Morgan fingerprint density at radius 1 is 1.30 bits per heavy atom. The summed E-state index contributed by atoms with van der Waals surface area (Å²) in [5.74, 6) is 0.369. The van der Waals surface area contributed by atoms with E-state index in [0.29, 0.717) is 23.7 Å². The van der Waals surface area contributed by atoms with Gasteiger partial charge in [-0.15, -0.1) is 0 Å². The number of hydrogen-bond acceptors (Lipinski definition) is 3. The Morgan fingerprint density at radius 2 is 2.00 bits per heavy atom. The molecule has 126 valence electrons. The van der Waals surface area contributed by atoms with Gasteiger partial charge in [-0.3, -0.25) is 4.79 Å². The Kier molecular flexibility index (Phi) is 6.16. The second kappa shape index (κ2) is 8.11. The number of nitrogens with one attached hydrogen (secondary N) is 2. The van der Waals surface area contributed by atoms with Crippen LogP contribution in [-0.2, 0) is 9.53 Å². The lowest BCUT2D eigenvalue weighted by Crippen LogP contribution is -3.14. The number of rotatable bonds is 5. The highest BCUT2D eigenvalue weighted by atomic mass is 16.5. The van der Waals surface area contributed by atoms with Crippen LogP contribution < -0.4 is 10.2 Å². The predicted molar refractivity (Wildman–Crippen MR) is 89.6 cm³/mol. The molecule has 1 aromatic rings. The molecule has 0 aromatic heterocycles. The summed E-state index contributed by atoms with van der Waals surface area (Å²) in [6.07, 6.45) is 2.31. The van der Waals surface area contributed by atoms with Gasteiger partial charge in [0.1, 0.15) is 0 Å². The topological polar surface area (TPSA) is 59.8 Å². The predicted octanol–water partition coefficient (Wildman–Crippen LogP) is 1.51. The lowest BCUT2D eigenvalue weighted by molar-refractivity contribution is -0.900. The van der Waals surface area contributed by atoms with E-state index in [0.717, 1.165) is 13.1 Å². The Morgan fingerprint density at radius 3 is 2.61 bits per heavy atom. The molecule has 1 fully saturated rings. The van der Waals surface area contributed by atoms with E-state index in [1.54, 1.807) is 24.3 Å². The average Bonchev–Trinajstić information content (AvgIpc) is 2.47. The highest BCUT2D eigenvalue weighted by molar-refractivity contribution is 5.93. The zero-order valence-electron chi connectivity index (χ0n) is 14.2. The summed E-state index contributed by atoms with van der Waals surface area (Å²) >= 11 is 0. The molecule has 1 aliphatic rings. The third-order valence-electron chi connectivity index (χ3n) is 4.02. The number of carbonyl (C=O) groups excluding carboxylic acids is 2. The Bertz CT molecular complexity index is 540. The maximum atomic E-state index is 12.1. The van der Waals surface area contributed by atoms with Crippen molar-refractivity contribution in [3.05, 3.63) is 29.8 Å². The molecule has 1 saturated heterocycles. The van der Waals surface area contributed by atoms with Crippen molar-refractivity contribution in [2.45, 2.75) is 39.7 Å². The number of piperidine rings is 1. The highest BCUT2D eigenvalue weighted by Gasteiger charge is 2.22. The quantitative estimate of drug-likeness (QED) is 0.809. The van der Waals surface area contributed by atoms with Crippen molar-refractivity contribution >= 4 is 17.6 Å². The number of hydrogen-bond donors (Lipinski definition) is 2. The van der Waals surface area contributed by atoms with Crippen molar-refractivity contribution in [3.8, 4) is 0 Å². The lowest BCUT2D eigenvalue weighted by atomic mass is 10.0. The molecule has 1 aliphatic heterocycles. The zero-order valence-corrected chi connectivity index (χ0v) is 14.2. The molecule has 2 N–H and O–H groups in total. The monoisotopic (exact) mass is 319 g/mol. The van der Waals surface area contributed by atoms with Gasteiger partial charge < -0.3 is 15.0 Å². The summed E-state index contributed by atoms with van der Waals surface area (Å²) in [6, 6.07) is 6.83. The number of benzene rings is 1. The van der Waals surface area contributed by atoms with E-state index in [4.69, 9.17) is 4.74 Å². The number of quaternary nitrogens is 1. The second-order valence-corrected chi connectivity index (χ2v) is 6.71. The normalized spacial score (nSPS) is 21.0. The molecule has 0 radical (unpaired) electrons. The molecule has 5 nitrogen and oxygen atoms in total. The van der Waals surface area contributed by atoms with E-state index >= 15 is 0 Å². The summed E-state index contributed by atoms with van der Waals surface area (Å²) < 4.78 is 5.14. The molecule has 0 spiro atoms. The molecule has 2 atom stereocenters. The van der Waals surface area contributed by atoms with Gasteiger partial charge in [0.15, 0.2) is 6.54 Å². The summed E-state index contributed by atoms with van der Waals surface area (Å²) in [5.41, 5.74) is 1.20. The number of anilines is 1. The molecule has 23 heavy (non-hydrogen) atoms. The fourth-order valence-electron chi connectivity index (χ4n) is 2.96. The molecule has 1 aromatic carbocycles. The minimum Gasteiger partial charge on any atom is -0.459 e. The molecule has 0 aliphatic carbocycles. The standard InChI is InChI=1S/C18H26N2O3/c1-13(2)23-18(22)15-6-8-16(9-7-15)19-17(21)12-20-10-4-5-14(3)11-20/h6-9,13-14H,4-5,10-12H2,1-3H3,(H,19,21)/p+1/t14-/m1/s1. The van der Waals surface area contributed by atoms with Crippen LogP contribution in [0.25, 0.3) is 0 Å². The maximum Gasteiger partial charge on any atom is 0.338 e. The van der Waals surface area contributed by atoms with Gasteiger partial charge in [0.25, 0.3) is 5.91 Å². The van der Waals surface area contributed by atoms with E-state index in [-0.39, 0.29) is 18.0 Å². The van der Waals surface area contributed by atoms with Crippen molar-refractivity contribution in [3.63, 3.8) is 0 Å². The largest absolute Gasteiger partial charge is 0.459 e. The first-order valence-electron chi connectivity index (χ1n) is 8.38. The Balaban J connectivity index is 1.85. The lowest BCUT2D eigenvalue weighted by Gasteiger charge is -2.27. The van der Waals surface area contributed by atoms with Crippen LogP contribution in [0.4, 0.5) is 5.69 Å². The van der Waals surface area contributed by atoms with E-state index < -0.39 is 0 Å². The van der Waals surface area contributed by atoms with E-state index in [1.807, 2.05) is 13.8 Å². The third-order valence-corrected chi connectivity index (χ3v) is 4.02. The Labute approximate surface area is 138 Å². The molecule has 2 rings (SSSR count). The molecule has 0 bridgehead atoms. The SMILES string of the molecule is CC(C)OC(=O)c1ccc(NC(=O)C[NH+]2CCC[C@@H](C)C2)cc1. The fraction of sp³-hybridized carbons (Fsp3) is 0.556. The van der Waals surface area contributed by atoms with Gasteiger partial charge in [-0.05, 0) is 51.0 Å². The van der Waals surface area contributed by atoms with E-state index in [1.165, 1.54) is 17.7 Å². The van der Waals surface area contributed by atoms with Crippen LogP contribution in [0, 0.1) is 5.92 Å². The van der Waals surface area contributed by atoms with Gasteiger partial charge in [-0.2, -0.15) is 0 Å².